The molecule has 0 atom stereocenters. The van der Waals surface area contributed by atoms with Gasteiger partial charge in [0.2, 0.25) is 0 Å². The van der Waals surface area contributed by atoms with Gasteiger partial charge in [-0.1, -0.05) is 12.1 Å². The first kappa shape index (κ1) is 14.9. The van der Waals surface area contributed by atoms with Crippen LogP contribution in [0.4, 0.5) is 5.69 Å². The average Bonchev–Trinajstić information content (AvgIpc) is 3.23. The van der Waals surface area contributed by atoms with Gasteiger partial charge in [-0.25, -0.2) is 0 Å². The van der Waals surface area contributed by atoms with E-state index >= 15 is 0 Å². The quantitative estimate of drug-likeness (QED) is 0.600. The third-order valence-corrected chi connectivity index (χ3v) is 3.74. The van der Waals surface area contributed by atoms with Gasteiger partial charge in [-0.15, -0.1) is 0 Å². The second kappa shape index (κ2) is 6.12. The molecule has 0 spiro atoms. The molecule has 0 aliphatic carbocycles. The Balaban J connectivity index is 1.59. The van der Waals surface area contributed by atoms with Crippen molar-refractivity contribution in [1.29, 1.82) is 0 Å². The number of carbonyl (C=O) groups excluding carboxylic acids is 1. The SMILES string of the molecule is Cn1cc(Oc2ccccc2C(=O)Nc2ccc3cn[nH]c3c2)cn1. The summed E-state index contributed by atoms with van der Waals surface area (Å²) >= 11 is 0. The van der Waals surface area contributed by atoms with Crippen LogP contribution < -0.4 is 10.1 Å². The van der Waals surface area contributed by atoms with Gasteiger partial charge in [0.15, 0.2) is 5.75 Å². The number of ether oxygens (including phenoxy) is 1. The van der Waals surface area contributed by atoms with Crippen LogP contribution in [0.1, 0.15) is 10.4 Å². The number of hydrogen-bond donors (Lipinski definition) is 2. The Kier molecular flexibility index (Phi) is 3.66. The van der Waals surface area contributed by atoms with Crippen molar-refractivity contribution in [2.75, 3.05) is 5.32 Å². The zero-order valence-electron chi connectivity index (χ0n) is 13.4. The summed E-state index contributed by atoms with van der Waals surface area (Å²) < 4.78 is 7.42. The Morgan fingerprint density at radius 3 is 2.92 bits per heavy atom. The largest absolute Gasteiger partial charge is 0.453 e. The molecule has 0 bridgehead atoms. The summed E-state index contributed by atoms with van der Waals surface area (Å²) in [6.45, 7) is 0. The first-order chi connectivity index (χ1) is 12.2. The Morgan fingerprint density at radius 2 is 2.08 bits per heavy atom. The van der Waals surface area contributed by atoms with Gasteiger partial charge in [-0.05, 0) is 30.3 Å². The maximum atomic E-state index is 12.7. The van der Waals surface area contributed by atoms with Crippen LogP contribution in [0.5, 0.6) is 11.5 Å². The average molecular weight is 333 g/mol. The van der Waals surface area contributed by atoms with Gasteiger partial charge in [0.05, 0.1) is 29.7 Å². The number of rotatable bonds is 4. The monoisotopic (exact) mass is 333 g/mol. The third kappa shape index (κ3) is 3.07. The number of aryl methyl sites for hydroxylation is 1. The number of aromatic amines is 1. The van der Waals surface area contributed by atoms with Crippen LogP contribution in [-0.4, -0.2) is 25.9 Å². The van der Waals surface area contributed by atoms with E-state index in [2.05, 4.69) is 20.6 Å². The van der Waals surface area contributed by atoms with Crippen molar-refractivity contribution < 1.29 is 9.53 Å². The van der Waals surface area contributed by atoms with Gasteiger partial charge in [0, 0.05) is 18.1 Å². The molecule has 25 heavy (non-hydrogen) atoms. The molecule has 0 saturated carbocycles. The van der Waals surface area contributed by atoms with Gasteiger partial charge in [-0.3, -0.25) is 14.6 Å². The molecule has 7 nitrogen and oxygen atoms in total. The number of amides is 1. The highest BCUT2D eigenvalue weighted by Crippen LogP contribution is 2.26. The van der Waals surface area contributed by atoms with E-state index in [4.69, 9.17) is 4.74 Å². The predicted molar refractivity (Wildman–Crippen MR) is 93.8 cm³/mol. The molecule has 7 heteroatoms. The maximum Gasteiger partial charge on any atom is 0.259 e. The standard InChI is InChI=1S/C18H15N5O2/c1-23-11-14(10-20-23)25-17-5-3-2-4-15(17)18(24)21-13-7-6-12-9-19-22-16(12)8-13/h2-11H,1H3,(H,19,22)(H,21,24). The minimum Gasteiger partial charge on any atom is -0.453 e. The summed E-state index contributed by atoms with van der Waals surface area (Å²) in [6, 6.07) is 12.6. The van der Waals surface area contributed by atoms with Crippen LogP contribution in [-0.2, 0) is 7.05 Å². The van der Waals surface area contributed by atoms with Crippen molar-refractivity contribution in [1.82, 2.24) is 20.0 Å². The highest BCUT2D eigenvalue weighted by Gasteiger charge is 2.14. The molecule has 2 aromatic heterocycles. The Hall–Kier alpha value is -3.61. The molecular formula is C18H15N5O2. The van der Waals surface area contributed by atoms with Crippen LogP contribution in [0, 0.1) is 0 Å². The number of benzene rings is 2. The first-order valence-corrected chi connectivity index (χ1v) is 7.69. The topological polar surface area (TPSA) is 84.8 Å². The van der Waals surface area contributed by atoms with Gasteiger partial charge < -0.3 is 10.1 Å². The van der Waals surface area contributed by atoms with E-state index in [9.17, 15) is 4.79 Å². The maximum absolute atomic E-state index is 12.7. The lowest BCUT2D eigenvalue weighted by molar-refractivity contribution is 0.102. The van der Waals surface area contributed by atoms with Crippen LogP contribution in [0.25, 0.3) is 10.9 Å². The smallest absolute Gasteiger partial charge is 0.259 e. The zero-order chi connectivity index (χ0) is 17.2. The fourth-order valence-electron chi connectivity index (χ4n) is 2.53. The number of H-pyrrole nitrogens is 1. The highest BCUT2D eigenvalue weighted by molar-refractivity contribution is 6.06. The minimum absolute atomic E-state index is 0.252. The van der Waals surface area contributed by atoms with Crippen molar-refractivity contribution in [2.24, 2.45) is 7.05 Å². The molecule has 2 aromatic carbocycles. The Labute approximate surface area is 143 Å². The van der Waals surface area contributed by atoms with Gasteiger partial charge in [0.1, 0.15) is 5.75 Å². The van der Waals surface area contributed by atoms with Crippen LogP contribution in [0.3, 0.4) is 0 Å². The van der Waals surface area contributed by atoms with Crippen LogP contribution >= 0.6 is 0 Å². The molecule has 0 saturated heterocycles. The molecule has 0 radical (unpaired) electrons. The van der Waals surface area contributed by atoms with Gasteiger partial charge in [-0.2, -0.15) is 10.2 Å². The molecule has 2 N–H and O–H groups in total. The lowest BCUT2D eigenvalue weighted by Gasteiger charge is -2.10. The fraction of sp³-hybridized carbons (Fsp3) is 0.0556. The van der Waals surface area contributed by atoms with Crippen molar-refractivity contribution in [2.45, 2.75) is 0 Å². The molecule has 4 aromatic rings. The predicted octanol–water partition coefficient (Wildman–Crippen LogP) is 3.34. The van der Waals surface area contributed by atoms with E-state index in [0.29, 0.717) is 22.7 Å². The summed E-state index contributed by atoms with van der Waals surface area (Å²) in [5, 5.41) is 14.8. The van der Waals surface area contributed by atoms with E-state index in [1.165, 1.54) is 0 Å². The normalized spacial score (nSPS) is 10.8. The molecule has 0 aliphatic heterocycles. The van der Waals surface area contributed by atoms with E-state index in [1.54, 1.807) is 48.5 Å². The molecule has 0 unspecified atom stereocenters. The van der Waals surface area contributed by atoms with Gasteiger partial charge >= 0.3 is 0 Å². The molecule has 124 valence electrons. The number of nitrogens with zero attached hydrogens (tertiary/aromatic N) is 3. The number of anilines is 1. The van der Waals surface area contributed by atoms with Crippen molar-refractivity contribution >= 4 is 22.5 Å². The summed E-state index contributed by atoms with van der Waals surface area (Å²) in [5.74, 6) is 0.788. The molecule has 1 amide bonds. The van der Waals surface area contributed by atoms with E-state index in [-0.39, 0.29) is 5.91 Å². The van der Waals surface area contributed by atoms with Crippen molar-refractivity contribution in [3.63, 3.8) is 0 Å². The van der Waals surface area contributed by atoms with Crippen molar-refractivity contribution in [3.8, 4) is 11.5 Å². The second-order valence-electron chi connectivity index (χ2n) is 5.57. The molecule has 2 heterocycles. The molecule has 0 aliphatic rings. The van der Waals surface area contributed by atoms with Crippen molar-refractivity contribution in [3.05, 3.63) is 66.6 Å². The summed E-state index contributed by atoms with van der Waals surface area (Å²) in [5.41, 5.74) is 1.98. The third-order valence-electron chi connectivity index (χ3n) is 3.74. The minimum atomic E-state index is -0.252. The van der Waals surface area contributed by atoms with Crippen LogP contribution in [0.15, 0.2) is 61.1 Å². The number of nitrogens with one attached hydrogen (secondary N) is 2. The number of hydrogen-bond acceptors (Lipinski definition) is 4. The lowest BCUT2D eigenvalue weighted by Crippen LogP contribution is -2.12. The zero-order valence-corrected chi connectivity index (χ0v) is 13.4. The molecular weight excluding hydrogens is 318 g/mol. The van der Waals surface area contributed by atoms with E-state index in [0.717, 1.165) is 10.9 Å². The second-order valence-corrected chi connectivity index (χ2v) is 5.57. The van der Waals surface area contributed by atoms with E-state index in [1.807, 2.05) is 24.3 Å². The van der Waals surface area contributed by atoms with Crippen LogP contribution in [0.2, 0.25) is 0 Å². The number of para-hydroxylation sites is 1. The van der Waals surface area contributed by atoms with E-state index < -0.39 is 0 Å². The highest BCUT2D eigenvalue weighted by atomic mass is 16.5. The molecule has 0 fully saturated rings. The summed E-state index contributed by atoms with van der Waals surface area (Å²) in [7, 11) is 1.80. The molecule has 4 rings (SSSR count). The first-order valence-electron chi connectivity index (χ1n) is 7.69. The number of carbonyl (C=O) groups is 1. The number of fused-ring (bicyclic) bond motifs is 1. The number of aromatic nitrogens is 4. The fourth-order valence-corrected chi connectivity index (χ4v) is 2.53. The van der Waals surface area contributed by atoms with Gasteiger partial charge in [0.25, 0.3) is 5.91 Å². The summed E-state index contributed by atoms with van der Waals surface area (Å²) in [6.07, 6.45) is 5.07. The lowest BCUT2D eigenvalue weighted by atomic mass is 10.1. The summed E-state index contributed by atoms with van der Waals surface area (Å²) in [4.78, 5) is 12.7. The Morgan fingerprint density at radius 1 is 1.20 bits per heavy atom. The Bertz CT molecular complexity index is 1050.